The minimum Gasteiger partial charge on any atom is -0.494 e. The Kier molecular flexibility index (Phi) is 5.65. The van der Waals surface area contributed by atoms with Crippen LogP contribution in [0.3, 0.4) is 0 Å². The van der Waals surface area contributed by atoms with Gasteiger partial charge in [-0.25, -0.2) is 9.97 Å². The van der Waals surface area contributed by atoms with Crippen molar-refractivity contribution in [2.75, 3.05) is 19.0 Å². The molecule has 0 radical (unpaired) electrons. The molecule has 0 aliphatic heterocycles. The fourth-order valence-corrected chi connectivity index (χ4v) is 6.06. The summed E-state index contributed by atoms with van der Waals surface area (Å²) < 4.78 is 5.60. The number of fused-ring (bicyclic) bond motifs is 4. The predicted molar refractivity (Wildman–Crippen MR) is 131 cm³/mol. The maximum Gasteiger partial charge on any atom is 0.226 e. The number of hydrogen-bond donors (Lipinski definition) is 2. The highest BCUT2D eigenvalue weighted by molar-refractivity contribution is 7.19. The molecular formula is C24H28N6O2S. The number of H-pyrrole nitrogens is 1. The van der Waals surface area contributed by atoms with Gasteiger partial charge in [-0.15, -0.1) is 11.3 Å². The summed E-state index contributed by atoms with van der Waals surface area (Å²) >= 11 is 1.68. The molecule has 0 spiro atoms. The normalized spacial score (nSPS) is 15.7. The highest BCUT2D eigenvalue weighted by Crippen LogP contribution is 2.42. The van der Waals surface area contributed by atoms with Gasteiger partial charge in [-0.1, -0.05) is 0 Å². The van der Waals surface area contributed by atoms with Gasteiger partial charge in [0.05, 0.1) is 29.9 Å². The van der Waals surface area contributed by atoms with Gasteiger partial charge in [-0.2, -0.15) is 5.10 Å². The van der Waals surface area contributed by atoms with E-state index in [-0.39, 0.29) is 17.9 Å². The fraction of sp³-hybridized carbons (Fsp3) is 0.417. The van der Waals surface area contributed by atoms with Crippen LogP contribution in [0.2, 0.25) is 0 Å². The summed E-state index contributed by atoms with van der Waals surface area (Å²) in [6, 6.07) is 4.15. The molecule has 0 unspecified atom stereocenters. The molecule has 0 bridgehead atoms. The number of anilines is 2. The summed E-state index contributed by atoms with van der Waals surface area (Å²) in [6.07, 6.45) is 5.84. The number of benzene rings is 1. The summed E-state index contributed by atoms with van der Waals surface area (Å²) in [5.74, 6) is 1.77. The zero-order valence-corrected chi connectivity index (χ0v) is 20.1. The lowest BCUT2D eigenvalue weighted by molar-refractivity contribution is -0.137. The first kappa shape index (κ1) is 21.6. The Hall–Kier alpha value is -3.20. The number of nitrogens with one attached hydrogen (secondary N) is 2. The number of ether oxygens (including phenoxy) is 1. The first-order valence-corrected chi connectivity index (χ1v) is 12.2. The number of amides is 1. The average Bonchev–Trinajstić information content (AvgIpc) is 3.42. The minimum absolute atomic E-state index is 0.0286. The highest BCUT2D eigenvalue weighted by Gasteiger charge is 2.32. The van der Waals surface area contributed by atoms with Crippen LogP contribution >= 0.6 is 11.3 Å². The van der Waals surface area contributed by atoms with Crippen molar-refractivity contribution in [2.24, 2.45) is 5.92 Å². The number of carbonyl (C=O) groups is 1. The third-order valence-corrected chi connectivity index (χ3v) is 7.62. The second kappa shape index (κ2) is 8.62. The highest BCUT2D eigenvalue weighted by atomic mass is 32.1. The van der Waals surface area contributed by atoms with E-state index < -0.39 is 0 Å². The molecule has 0 fully saturated rings. The third kappa shape index (κ3) is 3.80. The SMILES string of the molecule is CCN(C(=O)[C@H]1CCc2c(sc3ncnc(Nc4cc5cn[nH]c5cc4OC)c23)C1)C(C)C. The molecule has 1 aliphatic carbocycles. The van der Waals surface area contributed by atoms with E-state index in [1.54, 1.807) is 31.0 Å². The van der Waals surface area contributed by atoms with E-state index in [4.69, 9.17) is 4.74 Å². The number of methoxy groups -OCH3 is 1. The Bertz CT molecular complexity index is 1330. The molecule has 0 saturated heterocycles. The van der Waals surface area contributed by atoms with Gasteiger partial charge in [0, 0.05) is 34.8 Å². The molecule has 33 heavy (non-hydrogen) atoms. The number of carbonyl (C=O) groups excluding carboxylic acids is 1. The number of nitrogens with zero attached hydrogens (tertiary/aromatic N) is 4. The molecule has 3 heterocycles. The van der Waals surface area contributed by atoms with Crippen molar-refractivity contribution in [3.8, 4) is 5.75 Å². The molecule has 9 heteroatoms. The van der Waals surface area contributed by atoms with Crippen molar-refractivity contribution in [2.45, 2.75) is 46.1 Å². The molecular weight excluding hydrogens is 436 g/mol. The zero-order chi connectivity index (χ0) is 23.1. The van der Waals surface area contributed by atoms with E-state index in [1.165, 1.54) is 10.4 Å². The Morgan fingerprint density at radius 2 is 2.21 bits per heavy atom. The monoisotopic (exact) mass is 464 g/mol. The van der Waals surface area contributed by atoms with Gasteiger partial charge in [-0.05, 0) is 51.7 Å². The Labute approximate surface area is 196 Å². The van der Waals surface area contributed by atoms with E-state index in [0.717, 1.165) is 58.4 Å². The average molecular weight is 465 g/mol. The Morgan fingerprint density at radius 3 is 2.97 bits per heavy atom. The van der Waals surface area contributed by atoms with Gasteiger partial charge in [-0.3, -0.25) is 9.89 Å². The smallest absolute Gasteiger partial charge is 0.226 e. The Morgan fingerprint density at radius 1 is 1.36 bits per heavy atom. The number of aromatic nitrogens is 4. The Balaban J connectivity index is 1.49. The van der Waals surface area contributed by atoms with Crippen molar-refractivity contribution in [1.29, 1.82) is 0 Å². The lowest BCUT2D eigenvalue weighted by Crippen LogP contribution is -2.42. The number of thiophene rings is 1. The molecule has 2 N–H and O–H groups in total. The maximum atomic E-state index is 13.1. The van der Waals surface area contributed by atoms with Crippen LogP contribution in [-0.2, 0) is 17.6 Å². The molecule has 0 saturated carbocycles. The lowest BCUT2D eigenvalue weighted by atomic mass is 9.86. The van der Waals surface area contributed by atoms with Gasteiger partial charge in [0.25, 0.3) is 0 Å². The molecule has 1 aliphatic rings. The molecule has 1 atom stereocenters. The molecule has 5 rings (SSSR count). The first-order chi connectivity index (χ1) is 16.0. The van der Waals surface area contributed by atoms with Crippen LogP contribution < -0.4 is 10.1 Å². The van der Waals surface area contributed by atoms with E-state index in [2.05, 4.69) is 39.3 Å². The van der Waals surface area contributed by atoms with E-state index in [0.29, 0.717) is 5.75 Å². The van der Waals surface area contributed by atoms with Crippen LogP contribution in [0.25, 0.3) is 21.1 Å². The van der Waals surface area contributed by atoms with Crippen LogP contribution in [0.5, 0.6) is 5.75 Å². The summed E-state index contributed by atoms with van der Waals surface area (Å²) in [7, 11) is 1.65. The van der Waals surface area contributed by atoms with Gasteiger partial charge >= 0.3 is 0 Å². The maximum absolute atomic E-state index is 13.1. The van der Waals surface area contributed by atoms with Crippen LogP contribution in [-0.4, -0.2) is 50.7 Å². The zero-order valence-electron chi connectivity index (χ0n) is 19.3. The van der Waals surface area contributed by atoms with Gasteiger partial charge in [0.1, 0.15) is 22.7 Å². The molecule has 1 aromatic carbocycles. The van der Waals surface area contributed by atoms with Crippen molar-refractivity contribution < 1.29 is 9.53 Å². The number of hydrogen-bond acceptors (Lipinski definition) is 7. The van der Waals surface area contributed by atoms with Gasteiger partial charge < -0.3 is 15.0 Å². The van der Waals surface area contributed by atoms with Crippen LogP contribution in [0.4, 0.5) is 11.5 Å². The van der Waals surface area contributed by atoms with Crippen molar-refractivity contribution in [3.05, 3.63) is 35.1 Å². The number of rotatable bonds is 6. The van der Waals surface area contributed by atoms with Crippen LogP contribution in [0.15, 0.2) is 24.7 Å². The molecule has 3 aromatic heterocycles. The van der Waals surface area contributed by atoms with E-state index in [1.807, 2.05) is 24.0 Å². The summed E-state index contributed by atoms with van der Waals surface area (Å²) in [4.78, 5) is 26.4. The van der Waals surface area contributed by atoms with Crippen molar-refractivity contribution in [3.63, 3.8) is 0 Å². The first-order valence-electron chi connectivity index (χ1n) is 11.3. The molecule has 8 nitrogen and oxygen atoms in total. The van der Waals surface area contributed by atoms with Gasteiger partial charge in [0.2, 0.25) is 5.91 Å². The lowest BCUT2D eigenvalue weighted by Gasteiger charge is -2.31. The largest absolute Gasteiger partial charge is 0.494 e. The predicted octanol–water partition coefficient (Wildman–Crippen LogP) is 4.68. The number of aromatic amines is 1. The third-order valence-electron chi connectivity index (χ3n) is 6.46. The summed E-state index contributed by atoms with van der Waals surface area (Å²) in [6.45, 7) is 6.96. The topological polar surface area (TPSA) is 96.0 Å². The molecule has 172 valence electrons. The van der Waals surface area contributed by atoms with E-state index >= 15 is 0 Å². The molecule has 4 aromatic rings. The quantitative estimate of drug-likeness (QED) is 0.430. The fourth-order valence-electron chi connectivity index (χ4n) is 4.79. The van der Waals surface area contributed by atoms with Gasteiger partial charge in [0.15, 0.2) is 0 Å². The summed E-state index contributed by atoms with van der Waals surface area (Å²) in [5, 5.41) is 12.6. The van der Waals surface area contributed by atoms with Crippen LogP contribution in [0.1, 0.15) is 37.6 Å². The summed E-state index contributed by atoms with van der Waals surface area (Å²) in [5.41, 5.74) is 3.00. The second-order valence-corrected chi connectivity index (χ2v) is 9.78. The standard InChI is InChI=1S/C24H28N6O2S/c1-5-30(13(2)3)24(31)14-6-7-16-20(9-14)33-23-21(16)22(25-12-26-23)28-18-8-15-11-27-29-17(15)10-19(18)32-4/h8,10-14H,5-7,9H2,1-4H3,(H,27,29)(H,25,26,28)/t14-/m0/s1. The van der Waals surface area contributed by atoms with Crippen molar-refractivity contribution >= 4 is 49.9 Å². The van der Waals surface area contributed by atoms with Crippen LogP contribution in [0, 0.1) is 5.92 Å². The van der Waals surface area contributed by atoms with E-state index in [9.17, 15) is 4.79 Å². The second-order valence-electron chi connectivity index (χ2n) is 8.70. The number of aryl methyl sites for hydroxylation is 1. The minimum atomic E-state index is 0.0286. The van der Waals surface area contributed by atoms with Crippen molar-refractivity contribution in [1.82, 2.24) is 25.1 Å². The molecule has 1 amide bonds.